The standard InChI is InChI=1S/C18H20FN3O3/c1-11-8-15(21-18(25)20-11)17(24)22-7-6-13(16(23)10-22)9-12-4-2-3-5-14(12)19/h2-5,8,13,16,23H,6-7,9-10H2,1H3,(H,20,21,25)/t13-,16+/m1/s1. The third kappa shape index (κ3) is 3.93. The van der Waals surface area contributed by atoms with Gasteiger partial charge in [0.1, 0.15) is 11.5 Å². The number of hydrogen-bond donors (Lipinski definition) is 2. The first-order valence-electron chi connectivity index (χ1n) is 8.23. The van der Waals surface area contributed by atoms with Crippen LogP contribution in [0.25, 0.3) is 0 Å². The number of rotatable bonds is 3. The minimum Gasteiger partial charge on any atom is -0.391 e. The zero-order valence-electron chi connectivity index (χ0n) is 13.9. The number of likely N-dealkylation sites (tertiary alicyclic amines) is 1. The van der Waals surface area contributed by atoms with Gasteiger partial charge in [-0.1, -0.05) is 18.2 Å². The van der Waals surface area contributed by atoms with Gasteiger partial charge in [0, 0.05) is 18.8 Å². The van der Waals surface area contributed by atoms with Gasteiger partial charge in [0.05, 0.1) is 6.10 Å². The maximum Gasteiger partial charge on any atom is 0.345 e. The molecule has 0 spiro atoms. The average Bonchev–Trinajstić information content (AvgIpc) is 2.57. The molecule has 1 aromatic carbocycles. The maximum atomic E-state index is 13.8. The van der Waals surface area contributed by atoms with Crippen molar-refractivity contribution >= 4 is 5.91 Å². The van der Waals surface area contributed by atoms with Crippen LogP contribution in [0.2, 0.25) is 0 Å². The molecule has 1 saturated heterocycles. The minimum absolute atomic E-state index is 0.0704. The third-order valence-corrected chi connectivity index (χ3v) is 4.55. The van der Waals surface area contributed by atoms with Crippen LogP contribution in [-0.4, -0.2) is 45.1 Å². The second-order valence-corrected chi connectivity index (χ2v) is 6.42. The fraction of sp³-hybridized carbons (Fsp3) is 0.389. The van der Waals surface area contributed by atoms with Gasteiger partial charge in [-0.05, 0) is 43.4 Å². The summed E-state index contributed by atoms with van der Waals surface area (Å²) in [5.74, 6) is -0.774. The van der Waals surface area contributed by atoms with Crippen LogP contribution < -0.4 is 5.69 Å². The quantitative estimate of drug-likeness (QED) is 0.877. The number of halogens is 1. The van der Waals surface area contributed by atoms with Gasteiger partial charge >= 0.3 is 5.69 Å². The molecule has 2 heterocycles. The topological polar surface area (TPSA) is 86.3 Å². The summed E-state index contributed by atoms with van der Waals surface area (Å²) < 4.78 is 13.8. The van der Waals surface area contributed by atoms with E-state index in [4.69, 9.17) is 0 Å². The molecule has 1 aromatic heterocycles. The lowest BCUT2D eigenvalue weighted by molar-refractivity contribution is 0.0192. The summed E-state index contributed by atoms with van der Waals surface area (Å²) in [4.78, 5) is 31.6. The number of carbonyl (C=O) groups excluding carboxylic acids is 1. The first-order valence-corrected chi connectivity index (χ1v) is 8.23. The Hall–Kier alpha value is -2.54. The van der Waals surface area contributed by atoms with Crippen LogP contribution in [0.15, 0.2) is 35.1 Å². The summed E-state index contributed by atoms with van der Waals surface area (Å²) >= 11 is 0. The van der Waals surface area contributed by atoms with Crippen molar-refractivity contribution in [2.45, 2.75) is 25.9 Å². The van der Waals surface area contributed by atoms with Crippen LogP contribution in [-0.2, 0) is 6.42 Å². The summed E-state index contributed by atoms with van der Waals surface area (Å²) in [5.41, 5.74) is 0.621. The van der Waals surface area contributed by atoms with Crippen molar-refractivity contribution < 1.29 is 14.3 Å². The SMILES string of the molecule is Cc1cc(C(=O)N2CC[C@H](Cc3ccccc3F)[C@@H](O)C2)nc(=O)[nH]1. The highest BCUT2D eigenvalue weighted by Gasteiger charge is 2.31. The van der Waals surface area contributed by atoms with Gasteiger partial charge in [0.15, 0.2) is 0 Å². The van der Waals surface area contributed by atoms with Crippen molar-refractivity contribution in [2.75, 3.05) is 13.1 Å². The third-order valence-electron chi connectivity index (χ3n) is 4.55. The van der Waals surface area contributed by atoms with E-state index in [9.17, 15) is 19.1 Å². The summed E-state index contributed by atoms with van der Waals surface area (Å²) in [6, 6.07) is 8.03. The Morgan fingerprint density at radius 2 is 2.20 bits per heavy atom. The number of aromatic nitrogens is 2. The van der Waals surface area contributed by atoms with Gasteiger partial charge in [-0.2, -0.15) is 4.98 Å². The minimum atomic E-state index is -0.750. The van der Waals surface area contributed by atoms with Gasteiger partial charge < -0.3 is 15.0 Å². The number of aryl methyl sites for hydroxylation is 1. The largest absolute Gasteiger partial charge is 0.391 e. The van der Waals surface area contributed by atoms with E-state index in [1.807, 2.05) is 0 Å². The number of carbonyl (C=O) groups is 1. The fourth-order valence-corrected chi connectivity index (χ4v) is 3.20. The van der Waals surface area contributed by atoms with Crippen molar-refractivity contribution in [1.82, 2.24) is 14.9 Å². The highest BCUT2D eigenvalue weighted by molar-refractivity contribution is 5.92. The molecule has 0 saturated carbocycles. The molecule has 3 rings (SSSR count). The van der Waals surface area contributed by atoms with Gasteiger partial charge in [0.25, 0.3) is 5.91 Å². The fourth-order valence-electron chi connectivity index (χ4n) is 3.20. The van der Waals surface area contributed by atoms with Crippen molar-refractivity contribution in [2.24, 2.45) is 5.92 Å². The molecule has 6 nitrogen and oxygen atoms in total. The summed E-state index contributed by atoms with van der Waals surface area (Å²) in [6.07, 6.45) is 0.238. The predicted octanol–water partition coefficient (Wildman–Crippen LogP) is 1.28. The second kappa shape index (κ2) is 7.14. The lowest BCUT2D eigenvalue weighted by Crippen LogP contribution is -2.47. The molecule has 2 N–H and O–H groups in total. The summed E-state index contributed by atoms with van der Waals surface area (Å²) in [7, 11) is 0. The zero-order valence-corrected chi connectivity index (χ0v) is 13.9. The van der Waals surface area contributed by atoms with E-state index in [2.05, 4.69) is 9.97 Å². The van der Waals surface area contributed by atoms with E-state index >= 15 is 0 Å². The lowest BCUT2D eigenvalue weighted by atomic mass is 9.87. The molecule has 2 atom stereocenters. The highest BCUT2D eigenvalue weighted by atomic mass is 19.1. The summed E-state index contributed by atoms with van der Waals surface area (Å²) in [5, 5.41) is 10.4. The molecule has 132 valence electrons. The number of β-amino-alcohol motifs (C(OH)–C–C–N with tert-alkyl or cyclic N) is 1. The van der Waals surface area contributed by atoms with Crippen LogP contribution in [0.1, 0.15) is 28.2 Å². The first-order chi connectivity index (χ1) is 11.9. The van der Waals surface area contributed by atoms with E-state index in [0.29, 0.717) is 30.6 Å². The highest BCUT2D eigenvalue weighted by Crippen LogP contribution is 2.24. The Morgan fingerprint density at radius 1 is 1.44 bits per heavy atom. The Kier molecular flexibility index (Phi) is 4.94. The molecule has 7 heteroatoms. The zero-order chi connectivity index (χ0) is 18.0. The number of amides is 1. The Labute approximate surface area is 144 Å². The molecular formula is C18H20FN3O3. The molecule has 0 radical (unpaired) electrons. The molecule has 0 unspecified atom stereocenters. The number of nitrogens with zero attached hydrogens (tertiary/aromatic N) is 2. The molecule has 1 fully saturated rings. The predicted molar refractivity (Wildman–Crippen MR) is 89.7 cm³/mol. The van der Waals surface area contributed by atoms with E-state index < -0.39 is 11.8 Å². The number of aromatic amines is 1. The first kappa shape index (κ1) is 17.3. The summed E-state index contributed by atoms with van der Waals surface area (Å²) in [6.45, 7) is 2.25. The van der Waals surface area contributed by atoms with Crippen LogP contribution in [0.5, 0.6) is 0 Å². The second-order valence-electron chi connectivity index (χ2n) is 6.42. The van der Waals surface area contributed by atoms with Gasteiger partial charge in [-0.15, -0.1) is 0 Å². The van der Waals surface area contributed by atoms with E-state index in [1.165, 1.54) is 17.0 Å². The van der Waals surface area contributed by atoms with Crippen molar-refractivity contribution in [1.29, 1.82) is 0 Å². The smallest absolute Gasteiger partial charge is 0.345 e. The number of aliphatic hydroxyl groups is 1. The van der Waals surface area contributed by atoms with E-state index in [0.717, 1.165) is 0 Å². The number of nitrogens with one attached hydrogen (secondary N) is 1. The van der Waals surface area contributed by atoms with Crippen LogP contribution in [0.4, 0.5) is 4.39 Å². The number of benzene rings is 1. The monoisotopic (exact) mass is 345 g/mol. The Bertz CT molecular complexity index is 836. The van der Waals surface area contributed by atoms with Crippen molar-refractivity contribution in [3.63, 3.8) is 0 Å². The molecule has 1 aliphatic heterocycles. The molecule has 25 heavy (non-hydrogen) atoms. The van der Waals surface area contributed by atoms with Crippen LogP contribution in [0.3, 0.4) is 0 Å². The normalized spacial score (nSPS) is 20.5. The molecule has 1 aliphatic rings. The van der Waals surface area contributed by atoms with Crippen molar-refractivity contribution in [3.05, 3.63) is 63.6 Å². The van der Waals surface area contributed by atoms with E-state index in [-0.39, 0.29) is 29.9 Å². The lowest BCUT2D eigenvalue weighted by Gasteiger charge is -2.36. The van der Waals surface area contributed by atoms with Gasteiger partial charge in [0.2, 0.25) is 0 Å². The maximum absolute atomic E-state index is 13.8. The van der Waals surface area contributed by atoms with Crippen LogP contribution >= 0.6 is 0 Å². The molecule has 0 aliphatic carbocycles. The molecule has 2 aromatic rings. The van der Waals surface area contributed by atoms with Gasteiger partial charge in [-0.25, -0.2) is 9.18 Å². The number of H-pyrrole nitrogens is 1. The van der Waals surface area contributed by atoms with Gasteiger partial charge in [-0.3, -0.25) is 4.79 Å². The van der Waals surface area contributed by atoms with E-state index in [1.54, 1.807) is 25.1 Å². The molecular weight excluding hydrogens is 325 g/mol. The van der Waals surface area contributed by atoms with Crippen molar-refractivity contribution in [3.8, 4) is 0 Å². The van der Waals surface area contributed by atoms with Crippen LogP contribution in [0, 0.1) is 18.7 Å². The molecule has 1 amide bonds. The molecule has 0 bridgehead atoms. The Balaban J connectivity index is 1.68. The average molecular weight is 345 g/mol. The number of piperidine rings is 1. The number of aliphatic hydroxyl groups excluding tert-OH is 1. The number of hydrogen-bond acceptors (Lipinski definition) is 4. The Morgan fingerprint density at radius 3 is 2.88 bits per heavy atom.